The number of rotatable bonds is 6. The molecule has 0 saturated carbocycles. The predicted molar refractivity (Wildman–Crippen MR) is 204 cm³/mol. The normalized spacial score (nSPS) is 11.1. The highest BCUT2D eigenvalue weighted by Gasteiger charge is 2.18. The fourth-order valence-electron chi connectivity index (χ4n) is 6.68. The van der Waals surface area contributed by atoms with Crippen LogP contribution in [0, 0.1) is 11.3 Å². The van der Waals surface area contributed by atoms with E-state index in [2.05, 4.69) is 91.0 Å². The van der Waals surface area contributed by atoms with Gasteiger partial charge in [-0.15, -0.1) is 0 Å². The summed E-state index contributed by atoms with van der Waals surface area (Å²) in [4.78, 5) is 14.9. The topological polar surface area (TPSA) is 75.6 Å². The van der Waals surface area contributed by atoms with E-state index >= 15 is 0 Å². The predicted octanol–water partition coefficient (Wildman–Crippen LogP) is 11.6. The lowest BCUT2D eigenvalue weighted by Gasteiger charge is -2.11. The maximum atomic E-state index is 9.18. The molecule has 0 spiro atoms. The summed E-state index contributed by atoms with van der Waals surface area (Å²) in [6, 6.07) is 59.4. The van der Waals surface area contributed by atoms with Crippen molar-refractivity contribution in [3.63, 3.8) is 0 Å². The molecule has 9 aromatic rings. The van der Waals surface area contributed by atoms with Crippen LogP contribution >= 0.6 is 0 Å². The summed E-state index contributed by atoms with van der Waals surface area (Å²) in [6.45, 7) is 0. The number of hydrogen-bond donors (Lipinski definition) is 0. The van der Waals surface area contributed by atoms with E-state index in [9.17, 15) is 5.26 Å². The summed E-state index contributed by atoms with van der Waals surface area (Å²) < 4.78 is 6.53. The number of fused-ring (bicyclic) bond motifs is 3. The Kier molecular flexibility index (Phi) is 7.46. The smallest absolute Gasteiger partial charge is 0.164 e. The third-order valence-electron chi connectivity index (χ3n) is 9.22. The first-order valence-electron chi connectivity index (χ1n) is 16.7. The molecule has 0 saturated heterocycles. The summed E-state index contributed by atoms with van der Waals surface area (Å²) in [7, 11) is 0. The Labute approximate surface area is 294 Å². The number of furan rings is 1. The molecule has 238 valence electrons. The molecule has 0 fully saturated rings. The van der Waals surface area contributed by atoms with Crippen molar-refractivity contribution in [1.29, 1.82) is 5.26 Å². The monoisotopic (exact) mass is 652 g/mol. The SMILES string of the molecule is N#Cc1ccc(-c2ccc(-c3nc(-c4ccccc4)nc(-c4ccc5c(c4)oc4cccc(-c6ccccc6-c6ccccc6)c45)n3)cc2)cc1. The molecule has 7 aromatic carbocycles. The van der Waals surface area contributed by atoms with E-state index in [1.807, 2.05) is 84.9 Å². The van der Waals surface area contributed by atoms with Gasteiger partial charge in [-0.05, 0) is 63.7 Å². The molecule has 9 rings (SSSR count). The molecular formula is C46H28N4O. The summed E-state index contributed by atoms with van der Waals surface area (Å²) in [5.41, 5.74) is 11.5. The molecule has 51 heavy (non-hydrogen) atoms. The van der Waals surface area contributed by atoms with E-state index in [0.717, 1.165) is 60.9 Å². The van der Waals surface area contributed by atoms with Crippen LogP contribution in [-0.2, 0) is 0 Å². The van der Waals surface area contributed by atoms with Gasteiger partial charge in [0, 0.05) is 27.5 Å². The van der Waals surface area contributed by atoms with Crippen molar-refractivity contribution in [1.82, 2.24) is 15.0 Å². The summed E-state index contributed by atoms with van der Waals surface area (Å²) in [5.74, 6) is 1.73. The quantitative estimate of drug-likeness (QED) is 0.179. The van der Waals surface area contributed by atoms with Crippen LogP contribution in [0.5, 0.6) is 0 Å². The Hall–Kier alpha value is -7.16. The maximum Gasteiger partial charge on any atom is 0.164 e. The van der Waals surface area contributed by atoms with Crippen molar-refractivity contribution in [2.75, 3.05) is 0 Å². The molecule has 0 aliphatic heterocycles. The first-order valence-corrected chi connectivity index (χ1v) is 16.7. The number of nitrogens with zero attached hydrogens (tertiary/aromatic N) is 4. The first kappa shape index (κ1) is 29.9. The fraction of sp³-hybridized carbons (Fsp3) is 0. The Balaban J connectivity index is 1.15. The number of aromatic nitrogens is 3. The van der Waals surface area contributed by atoms with Gasteiger partial charge in [0.15, 0.2) is 17.5 Å². The standard InChI is InChI=1S/C46H28N4O/c47-29-30-18-20-31(21-19-30)32-22-24-35(25-23-32)45-48-44(34-12-5-2-6-13-34)49-46(50-45)36-26-27-40-42(28-36)51-41-17-9-16-39(43(40)41)38-15-8-7-14-37(38)33-10-3-1-4-11-33/h1-28H. The Morgan fingerprint density at radius 2 is 0.902 bits per heavy atom. The van der Waals surface area contributed by atoms with E-state index in [1.165, 1.54) is 11.1 Å². The lowest BCUT2D eigenvalue weighted by molar-refractivity contribution is 0.669. The first-order chi connectivity index (χ1) is 25.2. The van der Waals surface area contributed by atoms with Crippen LogP contribution in [0.1, 0.15) is 5.56 Å². The Bertz CT molecular complexity index is 2730. The summed E-state index contributed by atoms with van der Waals surface area (Å²) >= 11 is 0. The molecule has 0 N–H and O–H groups in total. The van der Waals surface area contributed by atoms with Crippen LogP contribution in [0.4, 0.5) is 0 Å². The van der Waals surface area contributed by atoms with Crippen molar-refractivity contribution in [2.45, 2.75) is 0 Å². The van der Waals surface area contributed by atoms with Gasteiger partial charge >= 0.3 is 0 Å². The van der Waals surface area contributed by atoms with Gasteiger partial charge in [-0.2, -0.15) is 5.26 Å². The van der Waals surface area contributed by atoms with Gasteiger partial charge in [0.2, 0.25) is 0 Å². The molecule has 0 atom stereocenters. The second-order valence-electron chi connectivity index (χ2n) is 12.3. The highest BCUT2D eigenvalue weighted by molar-refractivity contribution is 6.14. The number of nitriles is 1. The highest BCUT2D eigenvalue weighted by Crippen LogP contribution is 2.41. The lowest BCUT2D eigenvalue weighted by Crippen LogP contribution is -2.00. The molecule has 0 amide bonds. The minimum absolute atomic E-state index is 0.562. The molecule has 2 heterocycles. The molecule has 0 aliphatic carbocycles. The molecule has 0 radical (unpaired) electrons. The van der Waals surface area contributed by atoms with Gasteiger partial charge in [0.25, 0.3) is 0 Å². The van der Waals surface area contributed by atoms with Gasteiger partial charge in [-0.1, -0.05) is 140 Å². The molecule has 2 aromatic heterocycles. The van der Waals surface area contributed by atoms with E-state index in [1.54, 1.807) is 0 Å². The van der Waals surface area contributed by atoms with Crippen molar-refractivity contribution in [2.24, 2.45) is 0 Å². The zero-order chi connectivity index (χ0) is 34.1. The average Bonchev–Trinajstić information content (AvgIpc) is 3.60. The molecular weight excluding hydrogens is 625 g/mol. The number of hydrogen-bond acceptors (Lipinski definition) is 5. The van der Waals surface area contributed by atoms with Gasteiger partial charge in [0.05, 0.1) is 11.6 Å². The van der Waals surface area contributed by atoms with Crippen molar-refractivity contribution in [3.8, 4) is 73.6 Å². The minimum atomic E-state index is 0.562. The lowest BCUT2D eigenvalue weighted by atomic mass is 9.92. The highest BCUT2D eigenvalue weighted by atomic mass is 16.3. The number of benzene rings is 7. The Morgan fingerprint density at radius 3 is 1.57 bits per heavy atom. The van der Waals surface area contributed by atoms with E-state index in [0.29, 0.717) is 23.0 Å². The van der Waals surface area contributed by atoms with Crippen LogP contribution < -0.4 is 0 Å². The molecule has 5 nitrogen and oxygen atoms in total. The molecule has 0 unspecified atom stereocenters. The van der Waals surface area contributed by atoms with Crippen LogP contribution in [0.3, 0.4) is 0 Å². The second kappa shape index (κ2) is 12.7. The van der Waals surface area contributed by atoms with E-state index in [-0.39, 0.29) is 0 Å². The van der Waals surface area contributed by atoms with Crippen LogP contribution in [0.15, 0.2) is 174 Å². The zero-order valence-corrected chi connectivity index (χ0v) is 27.4. The summed E-state index contributed by atoms with van der Waals surface area (Å²) in [6.07, 6.45) is 0. The van der Waals surface area contributed by atoms with Gasteiger partial charge < -0.3 is 4.42 Å². The average molecular weight is 653 g/mol. The van der Waals surface area contributed by atoms with Crippen LogP contribution in [0.25, 0.3) is 89.5 Å². The minimum Gasteiger partial charge on any atom is -0.456 e. The third kappa shape index (κ3) is 5.61. The van der Waals surface area contributed by atoms with E-state index in [4.69, 9.17) is 19.4 Å². The van der Waals surface area contributed by atoms with Gasteiger partial charge in [0.1, 0.15) is 11.2 Å². The van der Waals surface area contributed by atoms with Crippen LogP contribution in [0.2, 0.25) is 0 Å². The molecule has 0 aliphatic rings. The van der Waals surface area contributed by atoms with Gasteiger partial charge in [-0.25, -0.2) is 15.0 Å². The third-order valence-corrected chi connectivity index (χ3v) is 9.22. The van der Waals surface area contributed by atoms with E-state index < -0.39 is 0 Å². The van der Waals surface area contributed by atoms with Gasteiger partial charge in [-0.3, -0.25) is 0 Å². The maximum absolute atomic E-state index is 9.18. The largest absolute Gasteiger partial charge is 0.456 e. The zero-order valence-electron chi connectivity index (χ0n) is 27.4. The summed E-state index contributed by atoms with van der Waals surface area (Å²) in [5, 5.41) is 11.3. The fourth-order valence-corrected chi connectivity index (χ4v) is 6.68. The van der Waals surface area contributed by atoms with Crippen molar-refractivity contribution in [3.05, 3.63) is 175 Å². The van der Waals surface area contributed by atoms with Crippen LogP contribution in [-0.4, -0.2) is 15.0 Å². The molecule has 5 heteroatoms. The van der Waals surface area contributed by atoms with Crippen molar-refractivity contribution < 1.29 is 4.42 Å². The second-order valence-corrected chi connectivity index (χ2v) is 12.3. The molecule has 0 bridgehead atoms. The Morgan fingerprint density at radius 1 is 0.392 bits per heavy atom. The van der Waals surface area contributed by atoms with Crippen molar-refractivity contribution >= 4 is 21.9 Å².